The van der Waals surface area contributed by atoms with E-state index in [2.05, 4.69) is 16.0 Å². The van der Waals surface area contributed by atoms with Crippen molar-refractivity contribution in [3.63, 3.8) is 0 Å². The van der Waals surface area contributed by atoms with Crippen LogP contribution in [0.25, 0.3) is 0 Å². The zero-order valence-electron chi connectivity index (χ0n) is 18.0. The molecule has 2 aromatic rings. The Bertz CT molecular complexity index is 1000. The van der Waals surface area contributed by atoms with Gasteiger partial charge in [-0.3, -0.25) is 5.32 Å². The molecule has 2 aliphatic heterocycles. The smallest absolute Gasteiger partial charge is 0.412 e. The molecule has 0 unspecified atom stereocenters. The number of hydrogen-bond donors (Lipinski definition) is 3. The molecule has 174 valence electrons. The van der Waals surface area contributed by atoms with Crippen LogP contribution < -0.4 is 16.0 Å². The van der Waals surface area contributed by atoms with E-state index in [1.165, 1.54) is 6.07 Å². The second kappa shape index (κ2) is 10.3. The average molecular weight is 455 g/mol. The largest absolute Gasteiger partial charge is 0.462 e. The first-order chi connectivity index (χ1) is 16.0. The van der Waals surface area contributed by atoms with Gasteiger partial charge >= 0.3 is 18.1 Å². The molecule has 0 spiro atoms. The van der Waals surface area contributed by atoms with E-state index in [9.17, 15) is 14.4 Å². The Hall–Kier alpha value is -3.63. The minimum Gasteiger partial charge on any atom is -0.462 e. The fraction of sp³-hybridized carbons (Fsp3) is 0.348. The van der Waals surface area contributed by atoms with Gasteiger partial charge in [0, 0.05) is 11.4 Å². The normalized spacial score (nSPS) is 23.3. The van der Waals surface area contributed by atoms with Crippen molar-refractivity contribution in [2.24, 2.45) is 0 Å². The fourth-order valence-corrected chi connectivity index (χ4v) is 3.77. The Balaban J connectivity index is 1.28. The molecule has 10 nitrogen and oxygen atoms in total. The predicted molar refractivity (Wildman–Crippen MR) is 118 cm³/mol. The SMILES string of the molecule is CCOC(=O)c1cccc(NC(=O)N[C@@H]2CO[C@@H]3[C@@H]2OC[C@H]3OC(=O)Nc2ccccc2)c1. The number of carbonyl (C=O) groups is 3. The van der Waals surface area contributed by atoms with E-state index in [0.717, 1.165) is 0 Å². The lowest BCUT2D eigenvalue weighted by molar-refractivity contribution is 0.00873. The van der Waals surface area contributed by atoms with Gasteiger partial charge in [0.1, 0.15) is 12.2 Å². The predicted octanol–water partition coefficient (Wildman–Crippen LogP) is 2.77. The summed E-state index contributed by atoms with van der Waals surface area (Å²) in [6, 6.07) is 14.5. The van der Waals surface area contributed by atoms with E-state index in [4.69, 9.17) is 18.9 Å². The summed E-state index contributed by atoms with van der Waals surface area (Å²) in [7, 11) is 0. The topological polar surface area (TPSA) is 124 Å². The summed E-state index contributed by atoms with van der Waals surface area (Å²) in [4.78, 5) is 36.5. The van der Waals surface area contributed by atoms with Gasteiger partial charge in [0.05, 0.1) is 31.4 Å². The molecule has 2 aromatic carbocycles. The molecule has 0 aliphatic carbocycles. The number of urea groups is 1. The fourth-order valence-electron chi connectivity index (χ4n) is 3.77. The van der Waals surface area contributed by atoms with Crippen LogP contribution in [-0.4, -0.2) is 62.3 Å². The van der Waals surface area contributed by atoms with E-state index in [1.807, 2.05) is 6.07 Å². The third kappa shape index (κ3) is 5.60. The summed E-state index contributed by atoms with van der Waals surface area (Å²) < 4.78 is 21.9. The molecular weight excluding hydrogens is 430 g/mol. The summed E-state index contributed by atoms with van der Waals surface area (Å²) in [6.45, 7) is 2.37. The van der Waals surface area contributed by atoms with Crippen molar-refractivity contribution in [3.8, 4) is 0 Å². The van der Waals surface area contributed by atoms with Gasteiger partial charge in [-0.15, -0.1) is 0 Å². The number of esters is 1. The van der Waals surface area contributed by atoms with Crippen molar-refractivity contribution >= 4 is 29.5 Å². The molecule has 2 saturated heterocycles. The lowest BCUT2D eigenvalue weighted by Crippen LogP contribution is -2.46. The molecule has 0 saturated carbocycles. The molecule has 0 radical (unpaired) electrons. The summed E-state index contributed by atoms with van der Waals surface area (Å²) in [6.07, 6.45) is -2.12. The van der Waals surface area contributed by atoms with Crippen LogP contribution in [0.15, 0.2) is 54.6 Å². The first-order valence-electron chi connectivity index (χ1n) is 10.6. The van der Waals surface area contributed by atoms with Crippen molar-refractivity contribution in [1.29, 1.82) is 0 Å². The van der Waals surface area contributed by atoms with Crippen LogP contribution in [0.1, 0.15) is 17.3 Å². The van der Waals surface area contributed by atoms with Gasteiger partial charge in [0.25, 0.3) is 0 Å². The van der Waals surface area contributed by atoms with E-state index >= 15 is 0 Å². The van der Waals surface area contributed by atoms with Gasteiger partial charge in [-0.05, 0) is 37.3 Å². The van der Waals surface area contributed by atoms with Crippen LogP contribution >= 0.6 is 0 Å². The molecule has 2 heterocycles. The molecule has 0 bridgehead atoms. The molecule has 33 heavy (non-hydrogen) atoms. The molecule has 4 atom stereocenters. The van der Waals surface area contributed by atoms with Crippen molar-refractivity contribution < 1.29 is 33.3 Å². The number of anilines is 2. The Morgan fingerprint density at radius 1 is 0.939 bits per heavy atom. The number of hydrogen-bond acceptors (Lipinski definition) is 7. The number of fused-ring (bicyclic) bond motifs is 1. The quantitative estimate of drug-likeness (QED) is 0.572. The standard InChI is InChI=1S/C23H25N3O7/c1-2-30-21(27)14-7-6-10-16(11-14)24-22(28)26-17-12-31-20-18(13-32-19(17)20)33-23(29)25-15-8-4-3-5-9-15/h3-11,17-20H,2,12-13H2,1H3,(H,25,29)(H2,24,26,28)/t17-,18-,19-,20+/m1/s1. The number of para-hydroxylation sites is 1. The summed E-state index contributed by atoms with van der Waals surface area (Å²) in [5, 5.41) is 8.16. The molecule has 2 aliphatic rings. The van der Waals surface area contributed by atoms with Gasteiger partial charge in [0.2, 0.25) is 0 Å². The molecule has 0 aromatic heterocycles. The Labute approximate surface area is 190 Å². The summed E-state index contributed by atoms with van der Waals surface area (Å²) in [5.41, 5.74) is 1.40. The highest BCUT2D eigenvalue weighted by atomic mass is 16.6. The Morgan fingerprint density at radius 2 is 1.70 bits per heavy atom. The zero-order chi connectivity index (χ0) is 23.2. The lowest BCUT2D eigenvalue weighted by atomic mass is 10.1. The highest BCUT2D eigenvalue weighted by Crippen LogP contribution is 2.29. The van der Waals surface area contributed by atoms with Crippen LogP contribution in [0.3, 0.4) is 0 Å². The number of amides is 3. The van der Waals surface area contributed by atoms with Crippen LogP contribution in [0.2, 0.25) is 0 Å². The molecule has 3 amide bonds. The van der Waals surface area contributed by atoms with Crippen molar-refractivity contribution in [1.82, 2.24) is 5.32 Å². The second-order valence-electron chi connectivity index (χ2n) is 7.54. The lowest BCUT2D eigenvalue weighted by Gasteiger charge is -2.18. The van der Waals surface area contributed by atoms with Crippen molar-refractivity contribution in [2.75, 3.05) is 30.5 Å². The number of rotatable bonds is 6. The van der Waals surface area contributed by atoms with Crippen LogP contribution in [0.5, 0.6) is 0 Å². The van der Waals surface area contributed by atoms with E-state index < -0.39 is 42.4 Å². The summed E-state index contributed by atoms with van der Waals surface area (Å²) in [5.74, 6) is -0.463. The molecule has 3 N–H and O–H groups in total. The van der Waals surface area contributed by atoms with Crippen LogP contribution in [0, 0.1) is 0 Å². The van der Waals surface area contributed by atoms with Gasteiger partial charge in [-0.1, -0.05) is 24.3 Å². The van der Waals surface area contributed by atoms with Crippen LogP contribution in [0.4, 0.5) is 21.0 Å². The van der Waals surface area contributed by atoms with Gasteiger partial charge in [-0.25, -0.2) is 14.4 Å². The Kier molecular flexibility index (Phi) is 7.06. The Morgan fingerprint density at radius 3 is 2.48 bits per heavy atom. The maximum atomic E-state index is 12.5. The average Bonchev–Trinajstić information content (AvgIpc) is 3.38. The molecular formula is C23H25N3O7. The van der Waals surface area contributed by atoms with Gasteiger partial charge in [0.15, 0.2) is 6.10 Å². The molecule has 2 fully saturated rings. The molecule has 4 rings (SSSR count). The maximum Gasteiger partial charge on any atom is 0.412 e. The van der Waals surface area contributed by atoms with Gasteiger partial charge in [-0.2, -0.15) is 0 Å². The second-order valence-corrected chi connectivity index (χ2v) is 7.54. The molecule has 10 heteroatoms. The van der Waals surface area contributed by atoms with E-state index in [1.54, 1.807) is 49.4 Å². The minimum atomic E-state index is -0.602. The number of benzene rings is 2. The van der Waals surface area contributed by atoms with Crippen LogP contribution in [-0.2, 0) is 18.9 Å². The first kappa shape index (κ1) is 22.6. The van der Waals surface area contributed by atoms with E-state index in [-0.39, 0.29) is 19.8 Å². The van der Waals surface area contributed by atoms with Crippen molar-refractivity contribution in [3.05, 3.63) is 60.2 Å². The highest BCUT2D eigenvalue weighted by molar-refractivity contribution is 5.94. The third-order valence-corrected chi connectivity index (χ3v) is 5.23. The third-order valence-electron chi connectivity index (χ3n) is 5.23. The number of ether oxygens (including phenoxy) is 4. The van der Waals surface area contributed by atoms with Crippen molar-refractivity contribution in [2.45, 2.75) is 31.3 Å². The number of carbonyl (C=O) groups excluding carboxylic acids is 3. The zero-order valence-corrected chi connectivity index (χ0v) is 18.0. The number of nitrogens with one attached hydrogen (secondary N) is 3. The maximum absolute atomic E-state index is 12.5. The monoisotopic (exact) mass is 455 g/mol. The van der Waals surface area contributed by atoms with Gasteiger partial charge < -0.3 is 29.6 Å². The van der Waals surface area contributed by atoms with E-state index in [0.29, 0.717) is 16.9 Å². The minimum absolute atomic E-state index is 0.166. The summed E-state index contributed by atoms with van der Waals surface area (Å²) >= 11 is 0. The highest BCUT2D eigenvalue weighted by Gasteiger charge is 2.50. The first-order valence-corrected chi connectivity index (χ1v) is 10.6.